The average molecular weight is 294 g/mol. The molecule has 0 aliphatic carbocycles. The van der Waals surface area contributed by atoms with E-state index in [2.05, 4.69) is 10.3 Å². The van der Waals surface area contributed by atoms with Crippen LogP contribution in [-0.4, -0.2) is 11.6 Å². The average Bonchev–Trinajstić information content (AvgIpc) is 2.47. The fourth-order valence-electron chi connectivity index (χ4n) is 2.36. The van der Waals surface area contributed by atoms with Gasteiger partial charge in [0, 0.05) is 18.2 Å². The lowest BCUT2D eigenvalue weighted by molar-refractivity contribution is -0.137. The second-order valence-corrected chi connectivity index (χ2v) is 4.80. The van der Waals surface area contributed by atoms with Crippen LogP contribution >= 0.6 is 0 Å². The zero-order valence-corrected chi connectivity index (χ0v) is 11.0. The van der Waals surface area contributed by atoms with E-state index in [1.54, 1.807) is 0 Å². The number of hydrogen-bond acceptors (Lipinski definition) is 3. The number of ether oxygens (including phenoxy) is 1. The number of alkyl halides is 3. The van der Waals surface area contributed by atoms with Gasteiger partial charge >= 0.3 is 6.18 Å². The Hall–Kier alpha value is -2.24. The van der Waals surface area contributed by atoms with Gasteiger partial charge in [0.25, 0.3) is 0 Å². The summed E-state index contributed by atoms with van der Waals surface area (Å²) in [5.74, 6) is 0.972. The van der Waals surface area contributed by atoms with Crippen molar-refractivity contribution < 1.29 is 17.9 Å². The van der Waals surface area contributed by atoms with Gasteiger partial charge in [-0.25, -0.2) is 4.98 Å². The quantitative estimate of drug-likeness (QED) is 0.907. The van der Waals surface area contributed by atoms with E-state index in [1.165, 1.54) is 0 Å². The maximum atomic E-state index is 12.7. The third-order valence-electron chi connectivity index (χ3n) is 3.37. The van der Waals surface area contributed by atoms with Crippen LogP contribution in [0.25, 0.3) is 0 Å². The molecule has 0 bridgehead atoms. The number of halogens is 3. The second kappa shape index (κ2) is 5.27. The van der Waals surface area contributed by atoms with Crippen molar-refractivity contribution in [1.29, 1.82) is 0 Å². The zero-order valence-electron chi connectivity index (χ0n) is 11.0. The van der Waals surface area contributed by atoms with Gasteiger partial charge < -0.3 is 10.1 Å². The van der Waals surface area contributed by atoms with E-state index in [0.29, 0.717) is 13.0 Å². The van der Waals surface area contributed by atoms with Gasteiger partial charge in [0.15, 0.2) is 0 Å². The molecule has 2 aromatic rings. The summed E-state index contributed by atoms with van der Waals surface area (Å²) in [6.07, 6.45) is -2.53. The van der Waals surface area contributed by atoms with Crippen molar-refractivity contribution in [3.63, 3.8) is 0 Å². The zero-order chi connectivity index (χ0) is 14.9. The number of benzene rings is 1. The molecule has 1 unspecified atom stereocenters. The number of fused-ring (bicyclic) bond motifs is 1. The van der Waals surface area contributed by atoms with Crippen molar-refractivity contribution in [2.75, 3.05) is 11.9 Å². The number of pyridine rings is 1. The molecule has 110 valence electrons. The molecule has 1 aromatic carbocycles. The van der Waals surface area contributed by atoms with Crippen LogP contribution in [0.3, 0.4) is 0 Å². The van der Waals surface area contributed by atoms with Crippen LogP contribution in [0.15, 0.2) is 42.6 Å². The number of para-hydroxylation sites is 1. The van der Waals surface area contributed by atoms with Gasteiger partial charge in [-0.1, -0.05) is 18.2 Å². The van der Waals surface area contributed by atoms with Crippen molar-refractivity contribution >= 4 is 5.82 Å². The Bertz CT molecular complexity index is 643. The predicted molar refractivity (Wildman–Crippen MR) is 72.2 cm³/mol. The third-order valence-corrected chi connectivity index (χ3v) is 3.37. The van der Waals surface area contributed by atoms with E-state index in [0.717, 1.165) is 29.6 Å². The lowest BCUT2D eigenvalue weighted by Gasteiger charge is -2.27. The molecule has 2 heterocycles. The van der Waals surface area contributed by atoms with Gasteiger partial charge in [-0.2, -0.15) is 13.2 Å². The molecule has 1 atom stereocenters. The Morgan fingerprint density at radius 1 is 1.19 bits per heavy atom. The highest BCUT2D eigenvalue weighted by atomic mass is 19.4. The number of hydrogen-bond donors (Lipinski definition) is 1. The standard InChI is InChI=1S/C15H13F3N2O/c16-15(17,18)10-5-7-19-14(9-10)20-12-6-8-21-13-4-2-1-3-11(12)13/h1-5,7,9,12H,6,8H2,(H,19,20). The molecule has 0 spiro atoms. The summed E-state index contributed by atoms with van der Waals surface area (Å²) in [5, 5.41) is 3.06. The minimum atomic E-state index is -4.37. The Balaban J connectivity index is 1.85. The largest absolute Gasteiger partial charge is 0.493 e. The van der Waals surface area contributed by atoms with E-state index in [1.807, 2.05) is 24.3 Å². The summed E-state index contributed by atoms with van der Waals surface area (Å²) in [4.78, 5) is 3.97. The fourth-order valence-corrected chi connectivity index (χ4v) is 2.36. The monoisotopic (exact) mass is 294 g/mol. The van der Waals surface area contributed by atoms with E-state index in [-0.39, 0.29) is 11.9 Å². The van der Waals surface area contributed by atoms with Crippen molar-refractivity contribution in [3.8, 4) is 5.75 Å². The summed E-state index contributed by atoms with van der Waals surface area (Å²) in [6.45, 7) is 0.521. The minimum absolute atomic E-state index is 0.106. The Morgan fingerprint density at radius 3 is 2.81 bits per heavy atom. The SMILES string of the molecule is FC(F)(F)c1ccnc(NC2CCOc3ccccc32)c1. The van der Waals surface area contributed by atoms with Crippen LogP contribution in [0, 0.1) is 0 Å². The Kier molecular flexibility index (Phi) is 3.45. The van der Waals surface area contributed by atoms with E-state index < -0.39 is 11.7 Å². The van der Waals surface area contributed by atoms with Gasteiger partial charge in [-0.3, -0.25) is 0 Å². The smallest absolute Gasteiger partial charge is 0.416 e. The predicted octanol–water partition coefficient (Wildman–Crippen LogP) is 4.04. The van der Waals surface area contributed by atoms with Crippen LogP contribution in [0.4, 0.5) is 19.0 Å². The van der Waals surface area contributed by atoms with Crippen molar-refractivity contribution in [2.45, 2.75) is 18.6 Å². The molecule has 1 aliphatic rings. The van der Waals surface area contributed by atoms with Crippen LogP contribution in [-0.2, 0) is 6.18 Å². The molecular formula is C15H13F3N2O. The number of aromatic nitrogens is 1. The van der Waals surface area contributed by atoms with Crippen LogP contribution in [0.1, 0.15) is 23.6 Å². The summed E-state index contributed by atoms with van der Waals surface area (Å²) in [5.41, 5.74) is 0.225. The molecule has 1 aliphatic heterocycles. The molecule has 6 heteroatoms. The highest BCUT2D eigenvalue weighted by molar-refractivity contribution is 5.45. The number of rotatable bonds is 2. The molecule has 3 rings (SSSR count). The molecule has 0 fully saturated rings. The summed E-state index contributed by atoms with van der Waals surface area (Å²) in [7, 11) is 0. The normalized spacial score (nSPS) is 17.8. The highest BCUT2D eigenvalue weighted by Gasteiger charge is 2.31. The third kappa shape index (κ3) is 2.94. The number of nitrogens with one attached hydrogen (secondary N) is 1. The molecular weight excluding hydrogens is 281 g/mol. The molecule has 3 nitrogen and oxygen atoms in total. The summed E-state index contributed by atoms with van der Waals surface area (Å²) in [6, 6.07) is 9.38. The van der Waals surface area contributed by atoms with Crippen LogP contribution in [0.5, 0.6) is 5.75 Å². The maximum Gasteiger partial charge on any atom is 0.416 e. The molecule has 0 saturated carbocycles. The minimum Gasteiger partial charge on any atom is -0.493 e. The number of anilines is 1. The lowest BCUT2D eigenvalue weighted by Crippen LogP contribution is -2.21. The molecule has 0 amide bonds. The van der Waals surface area contributed by atoms with E-state index in [9.17, 15) is 13.2 Å². The van der Waals surface area contributed by atoms with Gasteiger partial charge in [-0.05, 0) is 18.2 Å². The molecule has 0 saturated heterocycles. The lowest BCUT2D eigenvalue weighted by atomic mass is 10.0. The first-order valence-electron chi connectivity index (χ1n) is 6.55. The second-order valence-electron chi connectivity index (χ2n) is 4.80. The highest BCUT2D eigenvalue weighted by Crippen LogP contribution is 2.35. The van der Waals surface area contributed by atoms with Gasteiger partial charge in [0.05, 0.1) is 18.2 Å². The van der Waals surface area contributed by atoms with Crippen LogP contribution < -0.4 is 10.1 Å². The Morgan fingerprint density at radius 2 is 2.00 bits per heavy atom. The topological polar surface area (TPSA) is 34.2 Å². The number of nitrogens with zero attached hydrogens (tertiary/aromatic N) is 1. The maximum absolute atomic E-state index is 12.7. The first kappa shape index (κ1) is 13.7. The Labute approximate surface area is 119 Å². The van der Waals surface area contributed by atoms with Crippen LogP contribution in [0.2, 0.25) is 0 Å². The summed E-state index contributed by atoms with van der Waals surface area (Å²) >= 11 is 0. The van der Waals surface area contributed by atoms with Gasteiger partial charge in [0.2, 0.25) is 0 Å². The van der Waals surface area contributed by atoms with Crippen molar-refractivity contribution in [2.24, 2.45) is 0 Å². The fraction of sp³-hybridized carbons (Fsp3) is 0.267. The van der Waals surface area contributed by atoms with E-state index >= 15 is 0 Å². The molecule has 1 N–H and O–H groups in total. The van der Waals surface area contributed by atoms with Gasteiger partial charge in [0.1, 0.15) is 11.6 Å². The molecule has 0 radical (unpaired) electrons. The van der Waals surface area contributed by atoms with E-state index in [4.69, 9.17) is 4.74 Å². The first-order chi connectivity index (χ1) is 10.0. The molecule has 21 heavy (non-hydrogen) atoms. The molecule has 1 aromatic heterocycles. The van der Waals surface area contributed by atoms with Crippen molar-refractivity contribution in [3.05, 3.63) is 53.7 Å². The summed E-state index contributed by atoms with van der Waals surface area (Å²) < 4.78 is 43.7. The van der Waals surface area contributed by atoms with Gasteiger partial charge in [-0.15, -0.1) is 0 Å². The van der Waals surface area contributed by atoms with Crippen molar-refractivity contribution in [1.82, 2.24) is 4.98 Å². The first-order valence-corrected chi connectivity index (χ1v) is 6.55.